The number of furan rings is 1. The SMILES string of the molecule is CCOc1cccc2cc(C(=O)N(CCN(CC)CC)c3nc4c(CC)cccc4s3)oc12. The summed E-state index contributed by atoms with van der Waals surface area (Å²) in [5, 5.41) is 1.55. The lowest BCUT2D eigenvalue weighted by atomic mass is 10.1. The van der Waals surface area contributed by atoms with E-state index in [0.717, 1.165) is 41.7 Å². The average Bonchev–Trinajstić information content (AvgIpc) is 3.46. The minimum atomic E-state index is -0.182. The van der Waals surface area contributed by atoms with Crippen molar-refractivity contribution in [3.63, 3.8) is 0 Å². The maximum atomic E-state index is 13.7. The van der Waals surface area contributed by atoms with Crippen molar-refractivity contribution in [2.24, 2.45) is 0 Å². The molecule has 0 aliphatic rings. The zero-order chi connectivity index (χ0) is 23.4. The normalized spacial score (nSPS) is 11.5. The van der Waals surface area contributed by atoms with Gasteiger partial charge < -0.3 is 14.1 Å². The third-order valence-electron chi connectivity index (χ3n) is 5.90. The van der Waals surface area contributed by atoms with Crippen LogP contribution in [0.3, 0.4) is 0 Å². The number of carbonyl (C=O) groups is 1. The van der Waals surface area contributed by atoms with Gasteiger partial charge in [0.25, 0.3) is 5.91 Å². The van der Waals surface area contributed by atoms with Gasteiger partial charge in [-0.3, -0.25) is 9.69 Å². The van der Waals surface area contributed by atoms with Gasteiger partial charge in [-0.05, 0) is 50.2 Å². The fourth-order valence-electron chi connectivity index (χ4n) is 4.00. The molecular weight excluding hydrogens is 434 g/mol. The monoisotopic (exact) mass is 465 g/mol. The van der Waals surface area contributed by atoms with Gasteiger partial charge in [0, 0.05) is 18.5 Å². The molecule has 0 saturated carbocycles. The molecule has 4 rings (SSSR count). The van der Waals surface area contributed by atoms with Gasteiger partial charge in [-0.15, -0.1) is 0 Å². The number of rotatable bonds is 10. The zero-order valence-corrected chi connectivity index (χ0v) is 20.6. The van der Waals surface area contributed by atoms with Crippen LogP contribution in [0.4, 0.5) is 5.13 Å². The van der Waals surface area contributed by atoms with Gasteiger partial charge in [-0.1, -0.05) is 56.4 Å². The Hall–Kier alpha value is -2.90. The topological polar surface area (TPSA) is 58.8 Å². The van der Waals surface area contributed by atoms with E-state index in [1.165, 1.54) is 5.56 Å². The molecule has 4 aromatic rings. The third-order valence-corrected chi connectivity index (χ3v) is 6.94. The smallest absolute Gasteiger partial charge is 0.295 e. The van der Waals surface area contributed by atoms with Crippen molar-refractivity contribution in [3.05, 3.63) is 53.8 Å². The van der Waals surface area contributed by atoms with Crippen LogP contribution in [0.1, 0.15) is 43.8 Å². The summed E-state index contributed by atoms with van der Waals surface area (Å²) in [6.07, 6.45) is 0.900. The minimum absolute atomic E-state index is 0.182. The van der Waals surface area contributed by atoms with E-state index >= 15 is 0 Å². The van der Waals surface area contributed by atoms with Crippen molar-refractivity contribution >= 4 is 43.6 Å². The van der Waals surface area contributed by atoms with Gasteiger partial charge in [-0.25, -0.2) is 4.98 Å². The molecule has 2 aromatic carbocycles. The predicted octanol–water partition coefficient (Wildman–Crippen LogP) is 5.99. The van der Waals surface area contributed by atoms with Gasteiger partial charge >= 0.3 is 0 Å². The minimum Gasteiger partial charge on any atom is -0.490 e. The predicted molar refractivity (Wildman–Crippen MR) is 136 cm³/mol. The Kier molecular flexibility index (Phi) is 7.30. The first-order valence-electron chi connectivity index (χ1n) is 11.7. The van der Waals surface area contributed by atoms with E-state index in [1.807, 2.05) is 25.1 Å². The molecule has 0 unspecified atom stereocenters. The summed E-state index contributed by atoms with van der Waals surface area (Å²) >= 11 is 1.55. The summed E-state index contributed by atoms with van der Waals surface area (Å²) in [7, 11) is 0. The lowest BCUT2D eigenvalue weighted by Gasteiger charge is -2.24. The lowest BCUT2D eigenvalue weighted by molar-refractivity contribution is 0.0959. The highest BCUT2D eigenvalue weighted by atomic mass is 32.1. The molecule has 2 heterocycles. The van der Waals surface area contributed by atoms with Crippen LogP contribution in [0.15, 0.2) is 46.9 Å². The molecule has 33 heavy (non-hydrogen) atoms. The number of fused-ring (bicyclic) bond motifs is 2. The molecule has 174 valence electrons. The summed E-state index contributed by atoms with van der Waals surface area (Å²) in [6, 6.07) is 13.7. The van der Waals surface area contributed by atoms with E-state index in [1.54, 1.807) is 22.3 Å². The highest BCUT2D eigenvalue weighted by Gasteiger charge is 2.26. The first kappa shape index (κ1) is 23.3. The molecule has 0 atom stereocenters. The first-order chi connectivity index (χ1) is 16.1. The number of anilines is 1. The van der Waals surface area contributed by atoms with E-state index in [-0.39, 0.29) is 5.91 Å². The molecule has 0 bridgehead atoms. The molecule has 0 aliphatic heterocycles. The maximum absolute atomic E-state index is 13.7. The summed E-state index contributed by atoms with van der Waals surface area (Å²) in [5.74, 6) is 0.765. The summed E-state index contributed by atoms with van der Waals surface area (Å²) < 4.78 is 12.8. The largest absolute Gasteiger partial charge is 0.490 e. The van der Waals surface area contributed by atoms with Crippen LogP contribution in [0.25, 0.3) is 21.2 Å². The summed E-state index contributed by atoms with van der Waals surface area (Å²) in [4.78, 5) is 22.7. The number of hydrogen-bond donors (Lipinski definition) is 0. The fraction of sp³-hybridized carbons (Fsp3) is 0.385. The highest BCUT2D eigenvalue weighted by Crippen LogP contribution is 2.34. The summed E-state index contributed by atoms with van der Waals surface area (Å²) in [5.41, 5.74) is 2.77. The Morgan fingerprint density at radius 2 is 1.85 bits per heavy atom. The number of ether oxygens (including phenoxy) is 1. The molecule has 2 aromatic heterocycles. The second kappa shape index (κ2) is 10.4. The quantitative estimate of drug-likeness (QED) is 0.288. The number of nitrogens with zero attached hydrogens (tertiary/aromatic N) is 3. The van der Waals surface area contributed by atoms with E-state index in [9.17, 15) is 4.79 Å². The zero-order valence-electron chi connectivity index (χ0n) is 19.8. The number of benzene rings is 2. The molecule has 0 N–H and O–H groups in total. The Balaban J connectivity index is 1.74. The van der Waals surface area contributed by atoms with Crippen molar-refractivity contribution in [1.82, 2.24) is 9.88 Å². The van der Waals surface area contributed by atoms with Crippen LogP contribution in [-0.2, 0) is 6.42 Å². The van der Waals surface area contributed by atoms with Crippen molar-refractivity contribution in [1.29, 1.82) is 0 Å². The van der Waals surface area contributed by atoms with Gasteiger partial charge in [0.15, 0.2) is 22.2 Å². The van der Waals surface area contributed by atoms with Crippen LogP contribution >= 0.6 is 11.3 Å². The molecule has 0 aliphatic carbocycles. The number of aryl methyl sites for hydroxylation is 1. The van der Waals surface area contributed by atoms with Crippen LogP contribution in [0.2, 0.25) is 0 Å². The molecule has 0 spiro atoms. The lowest BCUT2D eigenvalue weighted by Crippen LogP contribution is -2.38. The Morgan fingerprint density at radius 1 is 1.06 bits per heavy atom. The molecule has 6 nitrogen and oxygen atoms in total. The number of hydrogen-bond acceptors (Lipinski definition) is 6. The maximum Gasteiger partial charge on any atom is 0.295 e. The van der Waals surface area contributed by atoms with E-state index in [0.29, 0.717) is 35.4 Å². The number of aromatic nitrogens is 1. The second-order valence-electron chi connectivity index (χ2n) is 7.82. The average molecular weight is 466 g/mol. The van der Waals surface area contributed by atoms with E-state index < -0.39 is 0 Å². The third kappa shape index (κ3) is 4.75. The molecule has 0 fully saturated rings. The van der Waals surface area contributed by atoms with Crippen molar-refractivity contribution in [3.8, 4) is 5.75 Å². The number of carbonyl (C=O) groups excluding carboxylic acids is 1. The standard InChI is InChI=1S/C26H31N3O3S/c1-5-18-11-10-14-22-23(18)27-26(33-22)29(16-15-28(6-2)7-3)25(30)21-17-19-12-9-13-20(31-8-4)24(19)32-21/h9-14,17H,5-8,15-16H2,1-4H3. The van der Waals surface area contributed by atoms with Crippen molar-refractivity contribution < 1.29 is 13.9 Å². The van der Waals surface area contributed by atoms with Crippen molar-refractivity contribution in [2.45, 2.75) is 34.1 Å². The number of para-hydroxylation sites is 2. The van der Waals surface area contributed by atoms with E-state index in [4.69, 9.17) is 14.1 Å². The highest BCUT2D eigenvalue weighted by molar-refractivity contribution is 7.22. The van der Waals surface area contributed by atoms with Crippen molar-refractivity contribution in [2.75, 3.05) is 37.7 Å². The van der Waals surface area contributed by atoms with Crippen LogP contribution in [-0.4, -0.2) is 48.6 Å². The molecule has 0 saturated heterocycles. The van der Waals surface area contributed by atoms with Crippen LogP contribution in [0, 0.1) is 0 Å². The van der Waals surface area contributed by atoms with Gasteiger partial charge in [0.2, 0.25) is 0 Å². The fourth-order valence-corrected chi connectivity index (χ4v) is 5.04. The second-order valence-corrected chi connectivity index (χ2v) is 8.82. The Morgan fingerprint density at radius 3 is 2.58 bits per heavy atom. The van der Waals surface area contributed by atoms with E-state index in [2.05, 4.69) is 43.9 Å². The van der Waals surface area contributed by atoms with Gasteiger partial charge in [-0.2, -0.15) is 0 Å². The number of thiazole rings is 1. The Labute approximate surface area is 198 Å². The Bertz CT molecular complexity index is 1240. The first-order valence-corrected chi connectivity index (χ1v) is 12.5. The number of likely N-dealkylation sites (N-methyl/N-ethyl adjacent to an activating group) is 1. The molecule has 1 amide bonds. The van der Waals surface area contributed by atoms with Crippen LogP contribution < -0.4 is 9.64 Å². The molecular formula is C26H31N3O3S. The summed E-state index contributed by atoms with van der Waals surface area (Å²) in [6.45, 7) is 12.0. The molecule has 0 radical (unpaired) electrons. The molecule has 7 heteroatoms. The number of amides is 1. The van der Waals surface area contributed by atoms with Gasteiger partial charge in [0.1, 0.15) is 0 Å². The van der Waals surface area contributed by atoms with Crippen LogP contribution in [0.5, 0.6) is 5.75 Å². The van der Waals surface area contributed by atoms with Gasteiger partial charge in [0.05, 0.1) is 16.8 Å².